The Bertz CT molecular complexity index is 647. The van der Waals surface area contributed by atoms with E-state index in [0.29, 0.717) is 22.9 Å². The van der Waals surface area contributed by atoms with Crippen LogP contribution in [-0.2, 0) is 9.47 Å². The maximum atomic E-state index is 11.9. The zero-order valence-electron chi connectivity index (χ0n) is 10.2. The van der Waals surface area contributed by atoms with Gasteiger partial charge >= 0.3 is 12.0 Å². The van der Waals surface area contributed by atoms with E-state index in [4.69, 9.17) is 9.47 Å². The molecule has 0 saturated carbocycles. The molecule has 0 aliphatic carbocycles. The molecule has 1 fully saturated rings. The molecule has 1 unspecified atom stereocenters. The molecule has 19 heavy (non-hydrogen) atoms. The summed E-state index contributed by atoms with van der Waals surface area (Å²) in [6, 6.07) is 4.12. The second kappa shape index (κ2) is 4.89. The monoisotopic (exact) mass is 260 g/mol. The van der Waals surface area contributed by atoms with Crippen molar-refractivity contribution in [3.63, 3.8) is 0 Å². The molecule has 2 aliphatic heterocycles. The highest BCUT2D eigenvalue weighted by Gasteiger charge is 2.19. The van der Waals surface area contributed by atoms with E-state index in [1.165, 1.54) is 6.07 Å². The molecule has 6 nitrogen and oxygen atoms in total. The second-order valence-corrected chi connectivity index (χ2v) is 4.41. The Morgan fingerprint density at radius 2 is 2.11 bits per heavy atom. The molecular formula is C13H12N2O4. The lowest BCUT2D eigenvalue weighted by Crippen LogP contribution is -2.27. The number of hydrogen-bond donors (Lipinski definition) is 0. The molecule has 1 saturated heterocycles. The van der Waals surface area contributed by atoms with Crippen LogP contribution in [0.4, 0.5) is 4.79 Å². The Labute approximate surface area is 108 Å². The van der Waals surface area contributed by atoms with E-state index in [2.05, 4.69) is 9.98 Å². The van der Waals surface area contributed by atoms with Crippen LogP contribution in [0.5, 0.6) is 0 Å². The quantitative estimate of drug-likeness (QED) is 0.735. The van der Waals surface area contributed by atoms with Crippen LogP contribution in [0.2, 0.25) is 0 Å². The van der Waals surface area contributed by atoms with Gasteiger partial charge in [0.05, 0.1) is 22.9 Å². The molecule has 0 radical (unpaired) electrons. The molecular weight excluding hydrogens is 248 g/mol. The maximum Gasteiger partial charge on any atom is 0.368 e. The van der Waals surface area contributed by atoms with Gasteiger partial charge < -0.3 is 9.47 Å². The standard InChI is InChI=1S/C13H12N2O4/c16-12(19-11-3-1-2-6-18-11)8-4-5-9-10(7-8)15-13(17)14-9/h4-5,7,11H,1-3,6H2. The average molecular weight is 260 g/mol. The molecule has 6 heteroatoms. The summed E-state index contributed by atoms with van der Waals surface area (Å²) < 4.78 is 10.6. The third-order valence-corrected chi connectivity index (χ3v) is 3.02. The number of benzene rings is 1. The normalized spacial score (nSPS) is 21.3. The van der Waals surface area contributed by atoms with Crippen LogP contribution in [0.3, 0.4) is 0 Å². The number of rotatable bonds is 2. The Morgan fingerprint density at radius 3 is 2.89 bits per heavy atom. The molecule has 0 N–H and O–H groups in total. The average Bonchev–Trinajstić information content (AvgIpc) is 2.78. The lowest BCUT2D eigenvalue weighted by molar-refractivity contribution is -0.131. The Hall–Kier alpha value is -2.08. The fraction of sp³-hybridized carbons (Fsp3) is 0.385. The van der Waals surface area contributed by atoms with Gasteiger partial charge in [-0.25, -0.2) is 9.59 Å². The summed E-state index contributed by atoms with van der Waals surface area (Å²) in [5, 5.41) is 0.888. The lowest BCUT2D eigenvalue weighted by Gasteiger charge is -2.22. The van der Waals surface area contributed by atoms with Crippen LogP contribution >= 0.6 is 0 Å². The van der Waals surface area contributed by atoms with Gasteiger partial charge in [-0.3, -0.25) is 0 Å². The number of nitrogens with zero attached hydrogens (tertiary/aromatic N) is 2. The van der Waals surface area contributed by atoms with Crippen LogP contribution in [0.25, 0.3) is 0 Å². The predicted molar refractivity (Wildman–Crippen MR) is 63.2 cm³/mol. The van der Waals surface area contributed by atoms with Gasteiger partial charge in [-0.05, 0) is 31.0 Å². The minimum absolute atomic E-state index is 0.349. The summed E-state index contributed by atoms with van der Waals surface area (Å²) >= 11 is 0. The van der Waals surface area contributed by atoms with Crippen molar-refractivity contribution in [2.45, 2.75) is 25.6 Å². The van der Waals surface area contributed by atoms with Crippen LogP contribution in [0.1, 0.15) is 29.6 Å². The van der Waals surface area contributed by atoms with Crippen molar-refractivity contribution in [2.24, 2.45) is 9.98 Å². The zero-order chi connectivity index (χ0) is 13.2. The van der Waals surface area contributed by atoms with E-state index in [9.17, 15) is 9.59 Å². The minimum Gasteiger partial charge on any atom is -0.432 e. The van der Waals surface area contributed by atoms with Gasteiger partial charge in [0, 0.05) is 6.42 Å². The summed E-state index contributed by atoms with van der Waals surface area (Å²) in [6.45, 7) is 0.616. The summed E-state index contributed by atoms with van der Waals surface area (Å²) in [5.41, 5.74) is 0.349. The number of esters is 1. The number of urea groups is 1. The van der Waals surface area contributed by atoms with E-state index >= 15 is 0 Å². The van der Waals surface area contributed by atoms with Gasteiger partial charge in [-0.2, -0.15) is 9.98 Å². The van der Waals surface area contributed by atoms with E-state index in [-0.39, 0.29) is 0 Å². The maximum absolute atomic E-state index is 11.9. The SMILES string of the molecule is O=C1N=c2ccc(C(=O)OC3CCCCO3)cc2=N1. The molecule has 2 heterocycles. The van der Waals surface area contributed by atoms with Crippen LogP contribution in [0, 0.1) is 0 Å². The molecule has 98 valence electrons. The zero-order valence-corrected chi connectivity index (χ0v) is 10.2. The van der Waals surface area contributed by atoms with Gasteiger partial charge in [0.25, 0.3) is 0 Å². The molecule has 3 rings (SSSR count). The third kappa shape index (κ3) is 2.53. The first kappa shape index (κ1) is 12.0. The van der Waals surface area contributed by atoms with Crippen LogP contribution < -0.4 is 10.7 Å². The van der Waals surface area contributed by atoms with Gasteiger partial charge in [-0.1, -0.05) is 0 Å². The number of fused-ring (bicyclic) bond motifs is 1. The van der Waals surface area contributed by atoms with Crippen molar-refractivity contribution >= 4 is 12.0 Å². The van der Waals surface area contributed by atoms with E-state index in [1.54, 1.807) is 12.1 Å². The van der Waals surface area contributed by atoms with Gasteiger partial charge in [0.2, 0.25) is 6.29 Å². The second-order valence-electron chi connectivity index (χ2n) is 4.41. The number of hydrogen-bond acceptors (Lipinski definition) is 4. The molecule has 0 bridgehead atoms. The predicted octanol–water partition coefficient (Wildman–Crippen LogP) is 0.743. The van der Waals surface area contributed by atoms with Crippen molar-refractivity contribution < 1.29 is 19.1 Å². The molecule has 1 atom stereocenters. The van der Waals surface area contributed by atoms with Crippen molar-refractivity contribution in [1.29, 1.82) is 0 Å². The first-order valence-corrected chi connectivity index (χ1v) is 6.16. The Kier molecular flexibility index (Phi) is 3.08. The first-order valence-electron chi connectivity index (χ1n) is 6.16. The van der Waals surface area contributed by atoms with Crippen LogP contribution in [0.15, 0.2) is 28.2 Å². The summed E-state index contributed by atoms with van der Waals surface area (Å²) in [6.07, 6.45) is 2.23. The summed E-state index contributed by atoms with van der Waals surface area (Å²) in [5.74, 6) is -0.468. The number of carbonyl (C=O) groups is 2. The summed E-state index contributed by atoms with van der Waals surface area (Å²) in [4.78, 5) is 30.3. The van der Waals surface area contributed by atoms with Gasteiger partial charge in [0.15, 0.2) is 0 Å². The van der Waals surface area contributed by atoms with Crippen molar-refractivity contribution in [2.75, 3.05) is 6.61 Å². The van der Waals surface area contributed by atoms with Crippen molar-refractivity contribution in [3.05, 3.63) is 34.5 Å². The highest BCUT2D eigenvalue weighted by atomic mass is 16.7. The van der Waals surface area contributed by atoms with E-state index in [0.717, 1.165) is 19.3 Å². The Balaban J connectivity index is 1.78. The molecule has 2 aliphatic rings. The molecule has 1 aromatic carbocycles. The topological polar surface area (TPSA) is 77.3 Å². The van der Waals surface area contributed by atoms with Crippen molar-refractivity contribution in [3.8, 4) is 0 Å². The van der Waals surface area contributed by atoms with Crippen molar-refractivity contribution in [1.82, 2.24) is 0 Å². The van der Waals surface area contributed by atoms with Gasteiger partial charge in [0.1, 0.15) is 0 Å². The molecule has 0 aromatic heterocycles. The van der Waals surface area contributed by atoms with Gasteiger partial charge in [-0.15, -0.1) is 0 Å². The highest BCUT2D eigenvalue weighted by molar-refractivity contribution is 5.89. The number of carbonyl (C=O) groups excluding carboxylic acids is 2. The largest absolute Gasteiger partial charge is 0.432 e. The lowest BCUT2D eigenvalue weighted by atomic mass is 10.2. The fourth-order valence-electron chi connectivity index (χ4n) is 2.06. The summed E-state index contributed by atoms with van der Waals surface area (Å²) in [7, 11) is 0. The number of ether oxygens (including phenoxy) is 2. The Morgan fingerprint density at radius 1 is 1.26 bits per heavy atom. The smallest absolute Gasteiger partial charge is 0.368 e. The molecule has 1 aromatic rings. The minimum atomic E-state index is -0.545. The van der Waals surface area contributed by atoms with Crippen LogP contribution in [-0.4, -0.2) is 24.9 Å². The molecule has 2 amide bonds. The fourth-order valence-corrected chi connectivity index (χ4v) is 2.06. The first-order chi connectivity index (χ1) is 9.22. The van der Waals surface area contributed by atoms with E-state index in [1.807, 2.05) is 0 Å². The number of amides is 2. The third-order valence-electron chi connectivity index (χ3n) is 3.02. The molecule has 0 spiro atoms. The van der Waals surface area contributed by atoms with E-state index < -0.39 is 18.3 Å². The highest BCUT2D eigenvalue weighted by Crippen LogP contribution is 2.15.